The Labute approximate surface area is 247 Å². The van der Waals surface area contributed by atoms with Gasteiger partial charge < -0.3 is 20.3 Å². The molecule has 0 radical (unpaired) electrons. The average molecular weight is 633 g/mol. The Balaban J connectivity index is 1.57. The van der Waals surface area contributed by atoms with Gasteiger partial charge >= 0.3 is 18.5 Å². The number of hydrogen-bond acceptors (Lipinski definition) is 5. The van der Waals surface area contributed by atoms with Gasteiger partial charge in [0.15, 0.2) is 0 Å². The van der Waals surface area contributed by atoms with Crippen molar-refractivity contribution >= 4 is 17.2 Å². The lowest BCUT2D eigenvalue weighted by molar-refractivity contribution is -0.143. The fourth-order valence-electron chi connectivity index (χ4n) is 5.52. The maximum absolute atomic E-state index is 13.6. The highest BCUT2D eigenvalue weighted by Gasteiger charge is 2.37. The molecule has 3 aromatic rings. The van der Waals surface area contributed by atoms with Crippen LogP contribution in [0.2, 0.25) is 0 Å². The lowest BCUT2D eigenvalue weighted by atomic mass is 9.90. The lowest BCUT2D eigenvalue weighted by Crippen LogP contribution is -2.36. The minimum absolute atomic E-state index is 0.0696. The SMILES string of the molecule is CC[C@@H]1C[C@H](Nc2ncc(N3CCOCC3)cc2Cc2cc(C(F)(F)F)cc(C(F)(F)F)c2)c2cc(C(F)(F)F)ccc2N1. The first-order valence-electron chi connectivity index (χ1n) is 14.0. The van der Waals surface area contributed by atoms with Gasteiger partial charge in [0.05, 0.1) is 47.8 Å². The number of aromatic nitrogens is 1. The molecule has 0 amide bonds. The summed E-state index contributed by atoms with van der Waals surface area (Å²) in [6, 6.07) is 5.64. The molecule has 0 unspecified atom stereocenters. The van der Waals surface area contributed by atoms with Crippen LogP contribution in [0.1, 0.15) is 59.2 Å². The Morgan fingerprint density at radius 2 is 1.50 bits per heavy atom. The highest BCUT2D eigenvalue weighted by Crippen LogP contribution is 2.41. The van der Waals surface area contributed by atoms with Gasteiger partial charge in [-0.05, 0) is 66.4 Å². The van der Waals surface area contributed by atoms with Crippen molar-refractivity contribution in [2.24, 2.45) is 0 Å². The fourth-order valence-corrected chi connectivity index (χ4v) is 5.52. The molecule has 238 valence electrons. The predicted molar refractivity (Wildman–Crippen MR) is 147 cm³/mol. The van der Waals surface area contributed by atoms with E-state index in [1.54, 1.807) is 6.07 Å². The van der Waals surface area contributed by atoms with Crippen LogP contribution in [0, 0.1) is 0 Å². The maximum Gasteiger partial charge on any atom is 0.416 e. The number of morpholine rings is 1. The van der Waals surface area contributed by atoms with E-state index in [2.05, 4.69) is 15.6 Å². The Morgan fingerprint density at radius 3 is 2.09 bits per heavy atom. The maximum atomic E-state index is 13.6. The zero-order chi connectivity index (χ0) is 31.9. The molecule has 0 bridgehead atoms. The molecular weight excluding hydrogens is 603 g/mol. The van der Waals surface area contributed by atoms with Crippen molar-refractivity contribution in [1.82, 2.24) is 4.98 Å². The van der Waals surface area contributed by atoms with E-state index < -0.39 is 41.3 Å². The van der Waals surface area contributed by atoms with E-state index in [1.807, 2.05) is 11.8 Å². The van der Waals surface area contributed by atoms with Crippen LogP contribution in [0.4, 0.5) is 56.7 Å². The number of alkyl halides is 9. The van der Waals surface area contributed by atoms with Crippen LogP contribution < -0.4 is 15.5 Å². The van der Waals surface area contributed by atoms with Crippen molar-refractivity contribution in [3.05, 3.63) is 82.0 Å². The van der Waals surface area contributed by atoms with Gasteiger partial charge in [-0.25, -0.2) is 4.98 Å². The van der Waals surface area contributed by atoms with Gasteiger partial charge in [-0.2, -0.15) is 39.5 Å². The van der Waals surface area contributed by atoms with Crippen LogP contribution in [0.15, 0.2) is 48.7 Å². The second-order valence-electron chi connectivity index (χ2n) is 10.9. The lowest BCUT2D eigenvalue weighted by Gasteiger charge is -2.35. The third-order valence-corrected chi connectivity index (χ3v) is 7.81. The summed E-state index contributed by atoms with van der Waals surface area (Å²) in [6.45, 7) is 3.75. The minimum atomic E-state index is -5.02. The second-order valence-corrected chi connectivity index (χ2v) is 10.9. The number of pyridine rings is 1. The van der Waals surface area contributed by atoms with E-state index in [0.29, 0.717) is 73.8 Å². The first-order chi connectivity index (χ1) is 20.6. The molecule has 3 heterocycles. The van der Waals surface area contributed by atoms with Gasteiger partial charge in [0, 0.05) is 36.8 Å². The average Bonchev–Trinajstić information content (AvgIpc) is 2.96. The normalized spacial score (nSPS) is 19.4. The minimum Gasteiger partial charge on any atom is -0.382 e. The molecule has 44 heavy (non-hydrogen) atoms. The monoisotopic (exact) mass is 632 g/mol. The number of anilines is 3. The van der Waals surface area contributed by atoms with E-state index in [0.717, 1.165) is 12.1 Å². The molecule has 2 N–H and O–H groups in total. The highest BCUT2D eigenvalue weighted by atomic mass is 19.4. The molecule has 5 rings (SSSR count). The van der Waals surface area contributed by atoms with Gasteiger partial charge in [-0.15, -0.1) is 0 Å². The van der Waals surface area contributed by atoms with Crippen molar-refractivity contribution in [3.8, 4) is 0 Å². The quantitative estimate of drug-likeness (QED) is 0.268. The number of fused-ring (bicyclic) bond motifs is 1. The molecule has 2 aliphatic rings. The summed E-state index contributed by atoms with van der Waals surface area (Å²) in [4.78, 5) is 6.43. The van der Waals surface area contributed by atoms with Crippen LogP contribution in [0.5, 0.6) is 0 Å². The van der Waals surface area contributed by atoms with Gasteiger partial charge in [-0.3, -0.25) is 0 Å². The van der Waals surface area contributed by atoms with Crippen molar-refractivity contribution < 1.29 is 44.3 Å². The molecule has 14 heteroatoms. The van der Waals surface area contributed by atoms with E-state index in [4.69, 9.17) is 4.74 Å². The first-order valence-corrected chi connectivity index (χ1v) is 14.0. The van der Waals surface area contributed by atoms with Gasteiger partial charge in [-0.1, -0.05) is 6.92 Å². The van der Waals surface area contributed by atoms with Crippen LogP contribution in [0.25, 0.3) is 0 Å². The van der Waals surface area contributed by atoms with Gasteiger partial charge in [0.1, 0.15) is 5.82 Å². The number of nitrogens with zero attached hydrogens (tertiary/aromatic N) is 2. The van der Waals surface area contributed by atoms with E-state index in [-0.39, 0.29) is 29.9 Å². The Bertz CT molecular complexity index is 1450. The molecule has 2 aromatic carbocycles. The second kappa shape index (κ2) is 12.0. The van der Waals surface area contributed by atoms with Crippen LogP contribution in [0.3, 0.4) is 0 Å². The highest BCUT2D eigenvalue weighted by molar-refractivity contribution is 5.62. The summed E-state index contributed by atoms with van der Waals surface area (Å²) in [5, 5.41) is 6.41. The Morgan fingerprint density at radius 1 is 0.864 bits per heavy atom. The van der Waals surface area contributed by atoms with E-state index in [9.17, 15) is 39.5 Å². The molecule has 1 saturated heterocycles. The number of ether oxygens (including phenoxy) is 1. The summed E-state index contributed by atoms with van der Waals surface area (Å²) in [5.41, 5.74) is -2.26. The summed E-state index contributed by atoms with van der Waals surface area (Å²) in [5.74, 6) is 0.151. The summed E-state index contributed by atoms with van der Waals surface area (Å²) >= 11 is 0. The standard InChI is InChI=1S/C30H29F9N4O/c1-2-22-15-26(24-14-19(28(31,32)33)3-4-25(24)41-22)42-27-18(12-23(16-40-27)43-5-7-44-8-6-43)9-17-10-20(29(34,35)36)13-21(11-17)30(37,38)39/h3-4,10-14,16,22,26,41H,2,5-9,15H2,1H3,(H,40,42)/t22-,26+/m1/s1. The number of benzene rings is 2. The van der Waals surface area contributed by atoms with Crippen LogP contribution in [-0.4, -0.2) is 37.3 Å². The summed E-state index contributed by atoms with van der Waals surface area (Å²) in [6.07, 6.45) is -12.4. The van der Waals surface area contributed by atoms with Crippen molar-refractivity contribution in [2.75, 3.05) is 41.8 Å². The van der Waals surface area contributed by atoms with E-state index >= 15 is 0 Å². The number of halogens is 9. The summed E-state index contributed by atoms with van der Waals surface area (Å²) in [7, 11) is 0. The van der Waals surface area contributed by atoms with Gasteiger partial charge in [0.25, 0.3) is 0 Å². The Kier molecular flexibility index (Phi) is 8.67. The van der Waals surface area contributed by atoms with Crippen LogP contribution in [-0.2, 0) is 29.7 Å². The summed E-state index contributed by atoms with van der Waals surface area (Å²) < 4.78 is 128. The van der Waals surface area contributed by atoms with Gasteiger partial charge in [0.2, 0.25) is 0 Å². The number of rotatable bonds is 6. The molecule has 1 fully saturated rings. The smallest absolute Gasteiger partial charge is 0.382 e. The third-order valence-electron chi connectivity index (χ3n) is 7.81. The molecule has 2 atom stereocenters. The fraction of sp³-hybridized carbons (Fsp3) is 0.433. The molecule has 0 spiro atoms. The molecule has 5 nitrogen and oxygen atoms in total. The third kappa shape index (κ3) is 7.16. The predicted octanol–water partition coefficient (Wildman–Crippen LogP) is 8.31. The molecule has 0 saturated carbocycles. The van der Waals surface area contributed by atoms with Crippen LogP contribution >= 0.6 is 0 Å². The van der Waals surface area contributed by atoms with Crippen molar-refractivity contribution in [1.29, 1.82) is 0 Å². The van der Waals surface area contributed by atoms with Crippen molar-refractivity contribution in [3.63, 3.8) is 0 Å². The molecule has 2 aliphatic heterocycles. The van der Waals surface area contributed by atoms with E-state index in [1.165, 1.54) is 12.3 Å². The number of hydrogen-bond donors (Lipinski definition) is 2. The Hall–Kier alpha value is -3.68. The topological polar surface area (TPSA) is 49.4 Å². The zero-order valence-electron chi connectivity index (χ0n) is 23.4. The number of nitrogens with one attached hydrogen (secondary N) is 2. The molecule has 1 aromatic heterocycles. The largest absolute Gasteiger partial charge is 0.416 e. The first kappa shape index (κ1) is 31.7. The molecular formula is C30H29F9N4O. The molecule has 0 aliphatic carbocycles. The van der Waals surface area contributed by atoms with Crippen molar-refractivity contribution in [2.45, 2.75) is 56.8 Å². The zero-order valence-corrected chi connectivity index (χ0v) is 23.4.